The number of nitrogens with one attached hydrogen (secondary N) is 1. The lowest BCUT2D eigenvalue weighted by Crippen LogP contribution is -2.64. The van der Waals surface area contributed by atoms with E-state index in [9.17, 15) is 24.3 Å². The molecule has 3 rings (SSSR count). The topological polar surface area (TPSA) is 183 Å². The van der Waals surface area contributed by atoms with E-state index in [1.807, 2.05) is 43.9 Å². The van der Waals surface area contributed by atoms with E-state index in [2.05, 4.69) is 5.32 Å². The normalized spacial score (nSPS) is 16.8. The monoisotopic (exact) mass is 632 g/mol. The van der Waals surface area contributed by atoms with Crippen molar-refractivity contribution in [1.29, 1.82) is 0 Å². The molecule has 12 nitrogen and oxygen atoms in total. The molecule has 0 aliphatic carbocycles. The van der Waals surface area contributed by atoms with Gasteiger partial charge in [0.15, 0.2) is 0 Å². The van der Waals surface area contributed by atoms with Gasteiger partial charge >= 0.3 is 11.9 Å². The van der Waals surface area contributed by atoms with Crippen molar-refractivity contribution in [2.45, 2.75) is 51.3 Å². The summed E-state index contributed by atoms with van der Waals surface area (Å²) >= 11 is 6.33. The largest absolute Gasteiger partial charge is 0.497 e. The van der Waals surface area contributed by atoms with Gasteiger partial charge in [0.05, 0.1) is 30.5 Å². The molecule has 0 saturated carbocycles. The number of aliphatic hydroxyl groups excluding tert-OH is 1. The number of para-hydroxylation sites is 1. The second-order valence-corrected chi connectivity index (χ2v) is 11.3. The van der Waals surface area contributed by atoms with Gasteiger partial charge in [0.25, 0.3) is 0 Å². The van der Waals surface area contributed by atoms with Crippen molar-refractivity contribution >= 4 is 46.7 Å². The Balaban J connectivity index is 0.000000742. The quantitative estimate of drug-likeness (QED) is 0.218. The predicted molar refractivity (Wildman–Crippen MR) is 168 cm³/mol. The van der Waals surface area contributed by atoms with Crippen LogP contribution >= 0.6 is 11.6 Å². The number of anilines is 2. The number of carbonyl (C=O) groups excluding carboxylic acids is 2. The van der Waals surface area contributed by atoms with Crippen LogP contribution in [-0.2, 0) is 19.2 Å². The highest BCUT2D eigenvalue weighted by molar-refractivity contribution is 6.33. The molecule has 1 fully saturated rings. The molecule has 0 radical (unpaired) electrons. The second kappa shape index (κ2) is 16.8. The minimum absolute atomic E-state index is 0.0746. The zero-order chi connectivity index (χ0) is 33.0. The van der Waals surface area contributed by atoms with Gasteiger partial charge in [0.1, 0.15) is 5.75 Å². The van der Waals surface area contributed by atoms with Gasteiger partial charge in [-0.3, -0.25) is 14.5 Å². The Hall–Kier alpha value is -3.97. The number of hydrogen-bond donors (Lipinski definition) is 5. The summed E-state index contributed by atoms with van der Waals surface area (Å²) in [6.07, 6.45) is 1.01. The van der Waals surface area contributed by atoms with Crippen molar-refractivity contribution < 1.29 is 39.2 Å². The number of carbonyl (C=O) groups is 4. The van der Waals surface area contributed by atoms with Gasteiger partial charge in [-0.25, -0.2) is 9.59 Å². The molecule has 2 aromatic carbocycles. The van der Waals surface area contributed by atoms with Crippen LogP contribution in [0.25, 0.3) is 0 Å². The number of aliphatic hydroxyl groups is 1. The van der Waals surface area contributed by atoms with Gasteiger partial charge in [-0.15, -0.1) is 0 Å². The van der Waals surface area contributed by atoms with E-state index in [1.165, 1.54) is 0 Å². The maximum Gasteiger partial charge on any atom is 0.328 e. The number of hydrogen-bond acceptors (Lipinski definition) is 8. The van der Waals surface area contributed by atoms with Crippen LogP contribution < -0.4 is 20.7 Å². The molecular weight excluding hydrogens is 592 g/mol. The van der Waals surface area contributed by atoms with Gasteiger partial charge < -0.3 is 36.0 Å². The van der Waals surface area contributed by atoms with Crippen LogP contribution in [0.3, 0.4) is 0 Å². The van der Waals surface area contributed by atoms with E-state index in [0.29, 0.717) is 53.8 Å². The lowest BCUT2D eigenvalue weighted by atomic mass is 9.92. The van der Waals surface area contributed by atoms with Crippen molar-refractivity contribution in [3.63, 3.8) is 0 Å². The molecule has 0 unspecified atom stereocenters. The highest BCUT2D eigenvalue weighted by atomic mass is 35.5. The molecule has 2 aromatic rings. The van der Waals surface area contributed by atoms with E-state index in [1.54, 1.807) is 42.3 Å². The van der Waals surface area contributed by atoms with Crippen LogP contribution in [-0.4, -0.2) is 88.4 Å². The molecular formula is C31H41ClN4O8. The van der Waals surface area contributed by atoms with Crippen LogP contribution in [0.5, 0.6) is 5.75 Å². The van der Waals surface area contributed by atoms with Crippen molar-refractivity contribution in [3.8, 4) is 5.75 Å². The van der Waals surface area contributed by atoms with Crippen molar-refractivity contribution in [2.24, 2.45) is 11.7 Å². The molecule has 1 saturated heterocycles. The molecule has 240 valence electrons. The van der Waals surface area contributed by atoms with Crippen molar-refractivity contribution in [1.82, 2.24) is 4.90 Å². The third kappa shape index (κ3) is 10.9. The number of nitrogens with two attached hydrogens (primary N) is 1. The first-order valence-corrected chi connectivity index (χ1v) is 14.4. The van der Waals surface area contributed by atoms with Crippen molar-refractivity contribution in [3.05, 3.63) is 65.7 Å². The maximum atomic E-state index is 13.0. The van der Waals surface area contributed by atoms with Gasteiger partial charge in [-0.1, -0.05) is 30.7 Å². The van der Waals surface area contributed by atoms with Crippen LogP contribution in [0.2, 0.25) is 5.02 Å². The zero-order valence-electron chi connectivity index (χ0n) is 25.3. The Bertz CT molecular complexity index is 1300. The Kier molecular flexibility index (Phi) is 13.8. The average molecular weight is 633 g/mol. The number of benzene rings is 2. The number of nitrogens with zero attached hydrogens (tertiary/aromatic N) is 2. The van der Waals surface area contributed by atoms with E-state index >= 15 is 0 Å². The molecule has 1 heterocycles. The van der Waals surface area contributed by atoms with Crippen LogP contribution in [0.1, 0.15) is 33.6 Å². The molecule has 1 aliphatic rings. The van der Waals surface area contributed by atoms with Crippen LogP contribution in [0, 0.1) is 5.92 Å². The van der Waals surface area contributed by atoms with Gasteiger partial charge in [-0.05, 0) is 63.1 Å². The number of piperazine rings is 1. The van der Waals surface area contributed by atoms with Gasteiger partial charge in [0, 0.05) is 48.4 Å². The Labute approximate surface area is 262 Å². The highest BCUT2D eigenvalue weighted by Gasteiger charge is 2.40. The summed E-state index contributed by atoms with van der Waals surface area (Å²) < 4.78 is 5.15. The van der Waals surface area contributed by atoms with Crippen LogP contribution in [0.15, 0.2) is 60.7 Å². The van der Waals surface area contributed by atoms with E-state index in [4.69, 9.17) is 32.3 Å². The van der Waals surface area contributed by atoms with Gasteiger partial charge in [-0.2, -0.15) is 0 Å². The number of halogens is 1. The molecule has 2 amide bonds. The fourth-order valence-corrected chi connectivity index (χ4v) is 4.84. The first-order valence-electron chi connectivity index (χ1n) is 14.0. The highest BCUT2D eigenvalue weighted by Crippen LogP contribution is 2.31. The van der Waals surface area contributed by atoms with Gasteiger partial charge in [0.2, 0.25) is 11.8 Å². The van der Waals surface area contributed by atoms with E-state index in [-0.39, 0.29) is 30.3 Å². The molecule has 0 spiro atoms. The van der Waals surface area contributed by atoms with Crippen LogP contribution in [0.4, 0.5) is 11.4 Å². The molecule has 0 bridgehead atoms. The Morgan fingerprint density at radius 2 is 1.68 bits per heavy atom. The molecule has 44 heavy (non-hydrogen) atoms. The molecule has 0 aromatic heterocycles. The summed E-state index contributed by atoms with van der Waals surface area (Å²) in [5.41, 5.74) is 7.35. The number of carboxylic acids is 2. The summed E-state index contributed by atoms with van der Waals surface area (Å²) in [6.45, 7) is 6.92. The van der Waals surface area contributed by atoms with E-state index < -0.39 is 30.0 Å². The Morgan fingerprint density at radius 1 is 1.09 bits per heavy atom. The number of rotatable bonds is 12. The summed E-state index contributed by atoms with van der Waals surface area (Å²) in [4.78, 5) is 48.6. The zero-order valence-corrected chi connectivity index (χ0v) is 26.0. The number of aliphatic carboxylic acids is 2. The molecule has 3 atom stereocenters. The second-order valence-electron chi connectivity index (χ2n) is 10.9. The minimum atomic E-state index is -1.26. The molecule has 1 aliphatic heterocycles. The fraction of sp³-hybridized carbons (Fsp3) is 0.419. The summed E-state index contributed by atoms with van der Waals surface area (Å²) in [6, 6.07) is 13.8. The summed E-state index contributed by atoms with van der Waals surface area (Å²) in [7, 11) is 1.58. The summed E-state index contributed by atoms with van der Waals surface area (Å²) in [5, 5.41) is 29.9. The average Bonchev–Trinajstić information content (AvgIpc) is 2.97. The lowest BCUT2D eigenvalue weighted by Gasteiger charge is -2.47. The smallest absolute Gasteiger partial charge is 0.328 e. The number of methoxy groups -OCH3 is 1. The molecule has 13 heteroatoms. The molecule has 6 N–H and O–H groups in total. The first-order chi connectivity index (χ1) is 20.7. The maximum absolute atomic E-state index is 13.0. The predicted octanol–water partition coefficient (Wildman–Crippen LogP) is 3.23. The standard InChI is InChI=1S/C27H37ClN4O4.C4H4O4/c1-5-18(26(35)30-19-10-12-20(36-4)13-11-19)14-24(33)22(29)15-31-16-25(34)32(17-27(31,2)3)23-9-7-6-8-21(23)28;5-3(6)1-2-4(7)8/h6-13,18,22,24,33H,5,14-17,29H2,1-4H3,(H,30,35);1-2H,(H,5,6)(H,7,8)/b;2-1+/t18-,22+,24+;/m1./s1. The third-order valence-corrected chi connectivity index (χ3v) is 7.53. The Morgan fingerprint density at radius 3 is 2.20 bits per heavy atom. The number of carboxylic acid groups (broad SMARTS) is 2. The summed E-state index contributed by atoms with van der Waals surface area (Å²) in [5.74, 6) is -2.46. The van der Waals surface area contributed by atoms with E-state index in [0.717, 1.165) is 0 Å². The minimum Gasteiger partial charge on any atom is -0.497 e. The first kappa shape index (κ1) is 36.2. The third-order valence-electron chi connectivity index (χ3n) is 7.21. The number of ether oxygens (including phenoxy) is 1. The lowest BCUT2D eigenvalue weighted by molar-refractivity contribution is -0.134. The SMILES string of the molecule is CC[C@H](C[C@H](O)[C@@H](N)CN1CC(=O)N(c2ccccc2Cl)CC1(C)C)C(=O)Nc1ccc(OC)cc1.O=C(O)/C=C/C(=O)O. The number of amides is 2. The van der Waals surface area contributed by atoms with Crippen molar-refractivity contribution in [2.75, 3.05) is 37.0 Å². The fourth-order valence-electron chi connectivity index (χ4n) is 4.60.